The van der Waals surface area contributed by atoms with Crippen LogP contribution in [0.3, 0.4) is 0 Å². The molecule has 2 rings (SSSR count). The predicted octanol–water partition coefficient (Wildman–Crippen LogP) is 3.40. The van der Waals surface area contributed by atoms with Crippen LogP contribution < -0.4 is 5.73 Å². The fraction of sp³-hybridized carbons (Fsp3) is 1.00. The van der Waals surface area contributed by atoms with Gasteiger partial charge in [-0.2, -0.15) is 0 Å². The van der Waals surface area contributed by atoms with Gasteiger partial charge in [-0.3, -0.25) is 0 Å². The van der Waals surface area contributed by atoms with Gasteiger partial charge in [-0.1, -0.05) is 39.0 Å². The maximum atomic E-state index is 6.76. The van der Waals surface area contributed by atoms with Crippen molar-refractivity contribution in [2.75, 3.05) is 14.1 Å². The van der Waals surface area contributed by atoms with E-state index in [0.29, 0.717) is 11.6 Å². The number of hydrogen-bond donors (Lipinski definition) is 1. The van der Waals surface area contributed by atoms with Crippen LogP contribution in [0.2, 0.25) is 0 Å². The lowest BCUT2D eigenvalue weighted by molar-refractivity contribution is 0.0720. The van der Waals surface area contributed by atoms with Crippen molar-refractivity contribution in [3.05, 3.63) is 0 Å². The van der Waals surface area contributed by atoms with Crippen molar-refractivity contribution >= 4 is 0 Å². The Morgan fingerprint density at radius 3 is 2.39 bits per heavy atom. The first-order valence-corrected chi connectivity index (χ1v) is 8.03. The highest BCUT2D eigenvalue weighted by Crippen LogP contribution is 2.42. The molecule has 2 fully saturated rings. The van der Waals surface area contributed by atoms with Gasteiger partial charge >= 0.3 is 0 Å². The average Bonchev–Trinajstić information content (AvgIpc) is 2.88. The molecule has 3 atom stereocenters. The third kappa shape index (κ3) is 2.60. The Bertz CT molecular complexity index is 256. The molecule has 0 aliphatic heterocycles. The fourth-order valence-corrected chi connectivity index (χ4v) is 4.53. The van der Waals surface area contributed by atoms with E-state index < -0.39 is 0 Å². The topological polar surface area (TPSA) is 29.3 Å². The van der Waals surface area contributed by atoms with Gasteiger partial charge in [-0.05, 0) is 51.6 Å². The zero-order valence-corrected chi connectivity index (χ0v) is 12.6. The highest BCUT2D eigenvalue weighted by molar-refractivity contribution is 5.03. The molecular weight excluding hydrogens is 220 g/mol. The van der Waals surface area contributed by atoms with Crippen LogP contribution >= 0.6 is 0 Å². The molecule has 2 saturated carbocycles. The first-order chi connectivity index (χ1) is 8.60. The Labute approximate surface area is 113 Å². The summed E-state index contributed by atoms with van der Waals surface area (Å²) in [6.07, 6.45) is 12.3. The van der Waals surface area contributed by atoms with Gasteiger partial charge in [0.1, 0.15) is 0 Å². The van der Waals surface area contributed by atoms with E-state index in [2.05, 4.69) is 25.9 Å². The smallest absolute Gasteiger partial charge is 0.0357 e. The second kappa shape index (κ2) is 5.92. The van der Waals surface area contributed by atoms with Gasteiger partial charge in [0.15, 0.2) is 0 Å². The SMILES string of the molecule is CCC1CCCC(C(N)C2(N(C)C)CCCC2)C1. The molecule has 2 nitrogen and oxygen atoms in total. The van der Waals surface area contributed by atoms with E-state index in [1.807, 2.05) is 0 Å². The maximum Gasteiger partial charge on any atom is 0.0357 e. The first-order valence-electron chi connectivity index (χ1n) is 8.03. The minimum atomic E-state index is 0.306. The number of rotatable bonds is 4. The summed E-state index contributed by atoms with van der Waals surface area (Å²) in [7, 11) is 4.48. The lowest BCUT2D eigenvalue weighted by atomic mass is 9.70. The molecule has 2 aliphatic carbocycles. The second-order valence-corrected chi connectivity index (χ2v) is 6.93. The summed E-state index contributed by atoms with van der Waals surface area (Å²) in [4.78, 5) is 2.44. The van der Waals surface area contributed by atoms with Crippen LogP contribution in [0.5, 0.6) is 0 Å². The number of likely N-dealkylation sites (N-methyl/N-ethyl adjacent to an activating group) is 1. The summed E-state index contributed by atoms with van der Waals surface area (Å²) in [5.41, 5.74) is 7.07. The summed E-state index contributed by atoms with van der Waals surface area (Å²) in [5.74, 6) is 1.71. The Morgan fingerprint density at radius 1 is 1.17 bits per heavy atom. The highest BCUT2D eigenvalue weighted by Gasteiger charge is 2.45. The summed E-state index contributed by atoms with van der Waals surface area (Å²) >= 11 is 0. The molecular formula is C16H32N2. The minimum absolute atomic E-state index is 0.306. The third-order valence-electron chi connectivity index (χ3n) is 5.89. The van der Waals surface area contributed by atoms with Crippen molar-refractivity contribution in [1.82, 2.24) is 4.90 Å². The van der Waals surface area contributed by atoms with Crippen molar-refractivity contribution in [1.29, 1.82) is 0 Å². The second-order valence-electron chi connectivity index (χ2n) is 6.93. The highest BCUT2D eigenvalue weighted by atomic mass is 15.2. The first kappa shape index (κ1) is 14.3. The summed E-state index contributed by atoms with van der Waals surface area (Å²) in [5, 5.41) is 0. The lowest BCUT2D eigenvalue weighted by Gasteiger charge is -2.46. The van der Waals surface area contributed by atoms with Crippen LogP contribution in [0.25, 0.3) is 0 Å². The molecule has 0 heterocycles. The number of hydrogen-bond acceptors (Lipinski definition) is 2. The van der Waals surface area contributed by atoms with Crippen LogP contribution in [0.4, 0.5) is 0 Å². The Morgan fingerprint density at radius 2 is 1.83 bits per heavy atom. The van der Waals surface area contributed by atoms with Crippen molar-refractivity contribution in [2.24, 2.45) is 17.6 Å². The van der Waals surface area contributed by atoms with Gasteiger partial charge < -0.3 is 10.6 Å². The summed E-state index contributed by atoms with van der Waals surface area (Å²) in [6.45, 7) is 2.34. The summed E-state index contributed by atoms with van der Waals surface area (Å²) in [6, 6.07) is 0.393. The zero-order valence-electron chi connectivity index (χ0n) is 12.6. The van der Waals surface area contributed by atoms with Gasteiger partial charge in [0.2, 0.25) is 0 Å². The third-order valence-corrected chi connectivity index (χ3v) is 5.89. The molecule has 2 N–H and O–H groups in total. The molecule has 0 radical (unpaired) electrons. The molecule has 2 aliphatic rings. The molecule has 0 aromatic rings. The van der Waals surface area contributed by atoms with Crippen LogP contribution in [0.1, 0.15) is 64.7 Å². The molecule has 0 bridgehead atoms. The van der Waals surface area contributed by atoms with Gasteiger partial charge in [0.05, 0.1) is 0 Å². The van der Waals surface area contributed by atoms with E-state index in [-0.39, 0.29) is 0 Å². The van der Waals surface area contributed by atoms with Crippen molar-refractivity contribution in [2.45, 2.75) is 76.3 Å². The monoisotopic (exact) mass is 252 g/mol. The molecule has 0 amide bonds. The zero-order chi connectivity index (χ0) is 13.2. The Balaban J connectivity index is 2.06. The van der Waals surface area contributed by atoms with E-state index in [1.165, 1.54) is 57.8 Å². The molecule has 2 heteroatoms. The Hall–Kier alpha value is -0.0800. The molecule has 0 saturated heterocycles. The van der Waals surface area contributed by atoms with E-state index in [1.54, 1.807) is 0 Å². The predicted molar refractivity (Wildman–Crippen MR) is 78.6 cm³/mol. The standard InChI is InChI=1S/C16H32N2/c1-4-13-8-7-9-14(12-13)15(17)16(18(2)3)10-5-6-11-16/h13-15H,4-12,17H2,1-3H3. The molecule has 0 aromatic carbocycles. The number of nitrogens with two attached hydrogens (primary N) is 1. The van der Waals surface area contributed by atoms with E-state index >= 15 is 0 Å². The molecule has 106 valence electrons. The van der Waals surface area contributed by atoms with E-state index in [9.17, 15) is 0 Å². The normalized spacial score (nSPS) is 33.8. The van der Waals surface area contributed by atoms with Gasteiger partial charge in [-0.15, -0.1) is 0 Å². The van der Waals surface area contributed by atoms with Gasteiger partial charge in [0.25, 0.3) is 0 Å². The maximum absolute atomic E-state index is 6.76. The molecule has 0 spiro atoms. The Kier molecular flexibility index (Phi) is 4.71. The molecule has 3 unspecified atom stereocenters. The van der Waals surface area contributed by atoms with Crippen molar-refractivity contribution < 1.29 is 0 Å². The van der Waals surface area contributed by atoms with Crippen LogP contribution in [-0.4, -0.2) is 30.6 Å². The number of nitrogens with zero attached hydrogens (tertiary/aromatic N) is 1. The average molecular weight is 252 g/mol. The quantitative estimate of drug-likeness (QED) is 0.831. The summed E-state index contributed by atoms with van der Waals surface area (Å²) < 4.78 is 0. The van der Waals surface area contributed by atoms with Crippen LogP contribution in [-0.2, 0) is 0 Å². The van der Waals surface area contributed by atoms with Gasteiger partial charge in [-0.25, -0.2) is 0 Å². The van der Waals surface area contributed by atoms with E-state index in [0.717, 1.165) is 11.8 Å². The minimum Gasteiger partial charge on any atom is -0.326 e. The van der Waals surface area contributed by atoms with E-state index in [4.69, 9.17) is 5.73 Å². The van der Waals surface area contributed by atoms with Crippen molar-refractivity contribution in [3.8, 4) is 0 Å². The van der Waals surface area contributed by atoms with Gasteiger partial charge in [0, 0.05) is 11.6 Å². The van der Waals surface area contributed by atoms with Crippen LogP contribution in [0.15, 0.2) is 0 Å². The molecule has 0 aromatic heterocycles. The van der Waals surface area contributed by atoms with Crippen LogP contribution in [0, 0.1) is 11.8 Å². The lowest BCUT2D eigenvalue weighted by Crippen LogP contribution is -2.59. The van der Waals surface area contributed by atoms with Crippen molar-refractivity contribution in [3.63, 3.8) is 0 Å². The molecule has 18 heavy (non-hydrogen) atoms. The fourth-order valence-electron chi connectivity index (χ4n) is 4.53. The largest absolute Gasteiger partial charge is 0.326 e.